The maximum absolute atomic E-state index is 11.2. The summed E-state index contributed by atoms with van der Waals surface area (Å²) in [5, 5.41) is 8.55. The zero-order valence-corrected chi connectivity index (χ0v) is 11.5. The molecule has 1 unspecified atom stereocenters. The largest absolute Gasteiger partial charge is 0.480 e. The third kappa shape index (κ3) is 4.93. The Labute approximate surface area is 114 Å². The van der Waals surface area contributed by atoms with Crippen molar-refractivity contribution in [2.45, 2.75) is 5.25 Å². The Morgan fingerprint density at radius 1 is 1.47 bits per heavy atom. The van der Waals surface area contributed by atoms with Gasteiger partial charge in [0.2, 0.25) is 0 Å². The first kappa shape index (κ1) is 14.3. The van der Waals surface area contributed by atoms with E-state index in [2.05, 4.69) is 6.58 Å². The molecule has 0 aliphatic rings. The van der Waals surface area contributed by atoms with Crippen molar-refractivity contribution in [1.82, 2.24) is 0 Å². The predicted octanol–water partition coefficient (Wildman–Crippen LogP) is 3.75. The van der Waals surface area contributed by atoms with Gasteiger partial charge in [0.1, 0.15) is 8.78 Å². The highest BCUT2D eigenvalue weighted by molar-refractivity contribution is 8.47. The normalized spacial score (nSPS) is 11.8. The van der Waals surface area contributed by atoms with Gasteiger partial charge in [-0.1, -0.05) is 60.4 Å². The molecule has 0 fully saturated rings. The molecule has 1 aromatic carbocycles. The summed E-state index contributed by atoms with van der Waals surface area (Å²) in [6.45, 7) is 3.60. The Morgan fingerprint density at radius 3 is 2.65 bits per heavy atom. The highest BCUT2D eigenvalue weighted by atomic mass is 32.2. The van der Waals surface area contributed by atoms with Gasteiger partial charge in [-0.2, -0.15) is 0 Å². The predicted molar refractivity (Wildman–Crippen MR) is 79.7 cm³/mol. The van der Waals surface area contributed by atoms with Crippen LogP contribution in [-0.4, -0.2) is 20.4 Å². The second-order valence-electron chi connectivity index (χ2n) is 3.10. The molecule has 0 aliphatic heterocycles. The lowest BCUT2D eigenvalue weighted by atomic mass is 10.1. The standard InChI is InChI=1S/C12H12O2S3/c1-2-8-16-12(15)17-10(11(13)14)9-6-4-3-5-7-9/h2-7,10H,1,8H2,(H,13,14). The van der Waals surface area contributed by atoms with Crippen LogP contribution in [0.25, 0.3) is 0 Å². The van der Waals surface area contributed by atoms with Crippen LogP contribution >= 0.6 is 35.7 Å². The van der Waals surface area contributed by atoms with E-state index in [4.69, 9.17) is 12.2 Å². The fraction of sp³-hybridized carbons (Fsp3) is 0.167. The molecule has 5 heteroatoms. The second-order valence-corrected chi connectivity index (χ2v) is 6.43. The number of hydrogen-bond acceptors (Lipinski definition) is 4. The van der Waals surface area contributed by atoms with Crippen LogP contribution in [0.1, 0.15) is 10.8 Å². The van der Waals surface area contributed by atoms with Crippen LogP contribution in [0.3, 0.4) is 0 Å². The minimum Gasteiger partial charge on any atom is -0.480 e. The smallest absolute Gasteiger partial charge is 0.321 e. The first-order valence-electron chi connectivity index (χ1n) is 4.87. The topological polar surface area (TPSA) is 37.3 Å². The molecule has 0 spiro atoms. The molecule has 0 bridgehead atoms. The highest BCUT2D eigenvalue weighted by Crippen LogP contribution is 2.33. The van der Waals surface area contributed by atoms with Crippen LogP contribution in [0.4, 0.5) is 0 Å². The number of benzene rings is 1. The molecule has 0 saturated carbocycles. The summed E-state index contributed by atoms with van der Waals surface area (Å²) in [7, 11) is 0. The second kappa shape index (κ2) is 7.53. The van der Waals surface area contributed by atoms with Crippen molar-refractivity contribution < 1.29 is 9.90 Å². The molecular weight excluding hydrogens is 272 g/mol. The maximum Gasteiger partial charge on any atom is 0.321 e. The summed E-state index contributed by atoms with van der Waals surface area (Å²) in [5.74, 6) is -0.171. The van der Waals surface area contributed by atoms with Crippen LogP contribution in [-0.2, 0) is 4.79 Å². The van der Waals surface area contributed by atoms with Crippen molar-refractivity contribution in [3.05, 3.63) is 48.6 Å². The van der Waals surface area contributed by atoms with E-state index in [-0.39, 0.29) is 0 Å². The van der Waals surface area contributed by atoms with E-state index < -0.39 is 11.2 Å². The van der Waals surface area contributed by atoms with Crippen LogP contribution in [0.15, 0.2) is 43.0 Å². The first-order chi connectivity index (χ1) is 8.15. The molecule has 17 heavy (non-hydrogen) atoms. The number of carboxylic acid groups (broad SMARTS) is 1. The number of thioether (sulfide) groups is 2. The van der Waals surface area contributed by atoms with Gasteiger partial charge in [0.15, 0.2) is 0 Å². The zero-order valence-electron chi connectivity index (χ0n) is 9.04. The fourth-order valence-corrected chi connectivity index (χ4v) is 3.24. The average molecular weight is 284 g/mol. The van der Waals surface area contributed by atoms with Gasteiger partial charge in [-0.25, -0.2) is 0 Å². The Hall–Kier alpha value is -0.780. The minimum atomic E-state index is -0.872. The van der Waals surface area contributed by atoms with Crippen LogP contribution in [0, 0.1) is 0 Å². The Bertz CT molecular complexity index is 403. The van der Waals surface area contributed by atoms with E-state index in [0.29, 0.717) is 9.28 Å². The van der Waals surface area contributed by atoms with Gasteiger partial charge in [0.05, 0.1) is 0 Å². The summed E-state index contributed by atoms with van der Waals surface area (Å²) in [6, 6.07) is 9.11. The fourth-order valence-electron chi connectivity index (χ4n) is 1.15. The molecule has 2 nitrogen and oxygen atoms in total. The summed E-state index contributed by atoms with van der Waals surface area (Å²) in [6.07, 6.45) is 1.75. The number of hydrogen-bond donors (Lipinski definition) is 1. The summed E-state index contributed by atoms with van der Waals surface area (Å²) in [4.78, 5) is 11.2. The van der Waals surface area contributed by atoms with Gasteiger partial charge in [-0.15, -0.1) is 18.3 Å². The number of rotatable bonds is 5. The van der Waals surface area contributed by atoms with Crippen molar-refractivity contribution >= 4 is 45.2 Å². The molecule has 1 atom stereocenters. The Kier molecular flexibility index (Phi) is 6.32. The molecule has 0 aliphatic carbocycles. The summed E-state index contributed by atoms with van der Waals surface area (Å²) >= 11 is 7.75. The average Bonchev–Trinajstić information content (AvgIpc) is 2.34. The highest BCUT2D eigenvalue weighted by Gasteiger charge is 2.22. The van der Waals surface area contributed by atoms with E-state index in [1.54, 1.807) is 18.2 Å². The molecule has 0 aromatic heterocycles. The van der Waals surface area contributed by atoms with Crippen LogP contribution in [0.5, 0.6) is 0 Å². The van der Waals surface area contributed by atoms with Gasteiger partial charge < -0.3 is 5.11 Å². The van der Waals surface area contributed by atoms with Gasteiger partial charge >= 0.3 is 5.97 Å². The molecule has 90 valence electrons. The zero-order chi connectivity index (χ0) is 12.7. The molecule has 0 radical (unpaired) electrons. The summed E-state index contributed by atoms with van der Waals surface area (Å²) < 4.78 is 0.626. The quantitative estimate of drug-likeness (QED) is 0.658. The van der Waals surface area contributed by atoms with E-state index >= 15 is 0 Å². The number of carbonyl (C=O) groups is 1. The lowest BCUT2D eigenvalue weighted by molar-refractivity contribution is -0.136. The monoisotopic (exact) mass is 284 g/mol. The van der Waals surface area contributed by atoms with Crippen molar-refractivity contribution in [2.75, 3.05) is 5.75 Å². The van der Waals surface area contributed by atoms with Crippen molar-refractivity contribution in [3.8, 4) is 0 Å². The van der Waals surface area contributed by atoms with Gasteiger partial charge in [-0.05, 0) is 5.56 Å². The molecule has 1 rings (SSSR count). The number of thiocarbonyl (C=S) groups is 1. The van der Waals surface area contributed by atoms with E-state index in [9.17, 15) is 9.90 Å². The van der Waals surface area contributed by atoms with E-state index in [1.165, 1.54) is 23.5 Å². The van der Waals surface area contributed by atoms with Crippen molar-refractivity contribution in [2.24, 2.45) is 0 Å². The SMILES string of the molecule is C=CCSC(=S)SC(C(=O)O)c1ccccc1. The van der Waals surface area contributed by atoms with E-state index in [0.717, 1.165) is 5.56 Å². The third-order valence-corrected chi connectivity index (χ3v) is 4.68. The molecule has 0 saturated heterocycles. The van der Waals surface area contributed by atoms with E-state index in [1.807, 2.05) is 18.2 Å². The molecule has 1 aromatic rings. The lowest BCUT2D eigenvalue weighted by Gasteiger charge is -2.12. The van der Waals surface area contributed by atoms with Crippen LogP contribution in [0.2, 0.25) is 0 Å². The first-order valence-corrected chi connectivity index (χ1v) is 7.14. The third-order valence-electron chi connectivity index (χ3n) is 1.86. The molecular formula is C12H12O2S3. The lowest BCUT2D eigenvalue weighted by Crippen LogP contribution is -2.09. The van der Waals surface area contributed by atoms with Gasteiger partial charge in [-0.3, -0.25) is 4.79 Å². The van der Waals surface area contributed by atoms with Crippen molar-refractivity contribution in [3.63, 3.8) is 0 Å². The van der Waals surface area contributed by atoms with Crippen molar-refractivity contribution in [1.29, 1.82) is 0 Å². The number of aliphatic carboxylic acids is 1. The Morgan fingerprint density at radius 2 is 2.12 bits per heavy atom. The number of carboxylic acids is 1. The minimum absolute atomic E-state index is 0.626. The van der Waals surface area contributed by atoms with Gasteiger partial charge in [0.25, 0.3) is 0 Å². The maximum atomic E-state index is 11.2. The molecule has 0 heterocycles. The molecule has 0 amide bonds. The van der Waals surface area contributed by atoms with Crippen LogP contribution < -0.4 is 0 Å². The molecule has 1 N–H and O–H groups in total. The van der Waals surface area contributed by atoms with Gasteiger partial charge in [0, 0.05) is 5.75 Å². The Balaban J connectivity index is 2.71. The summed E-state index contributed by atoms with van der Waals surface area (Å²) in [5.41, 5.74) is 0.756.